The molecule has 1 aromatic heterocycles. The molecule has 3 heteroatoms. The zero-order valence-corrected chi connectivity index (χ0v) is 11.1. The van der Waals surface area contributed by atoms with Crippen LogP contribution in [0.5, 0.6) is 0 Å². The van der Waals surface area contributed by atoms with Crippen molar-refractivity contribution in [3.8, 4) is 0 Å². The zero-order valence-electron chi connectivity index (χ0n) is 11.1. The Hall–Kier alpha value is -1.09. The van der Waals surface area contributed by atoms with Gasteiger partial charge in [0.25, 0.3) is 0 Å². The van der Waals surface area contributed by atoms with Gasteiger partial charge in [0.05, 0.1) is 5.60 Å². The first-order valence-electron chi connectivity index (χ1n) is 7.08. The summed E-state index contributed by atoms with van der Waals surface area (Å²) in [6.45, 7) is 3.93. The summed E-state index contributed by atoms with van der Waals surface area (Å²) in [6.07, 6.45) is 5.51. The minimum atomic E-state index is -0.390. The van der Waals surface area contributed by atoms with Gasteiger partial charge in [0.2, 0.25) is 0 Å². The Balaban J connectivity index is 1.77. The molecule has 2 aliphatic rings. The number of hydrogen-bond acceptors (Lipinski definition) is 3. The fraction of sp³-hybridized carbons (Fsp3) is 0.667. The normalized spacial score (nSPS) is 32.1. The molecule has 1 N–H and O–H groups in total. The Kier molecular flexibility index (Phi) is 3.02. The Morgan fingerprint density at radius 2 is 2.22 bits per heavy atom. The fourth-order valence-corrected chi connectivity index (χ4v) is 3.48. The molecule has 1 aliphatic heterocycles. The molecule has 0 amide bonds. The van der Waals surface area contributed by atoms with Crippen molar-refractivity contribution < 1.29 is 5.11 Å². The quantitative estimate of drug-likeness (QED) is 0.827. The number of rotatable bonds is 1. The number of pyridine rings is 1. The Morgan fingerprint density at radius 1 is 1.33 bits per heavy atom. The molecule has 1 aliphatic carbocycles. The summed E-state index contributed by atoms with van der Waals surface area (Å²) in [7, 11) is 0. The molecule has 1 aromatic rings. The maximum Gasteiger partial charge on any atom is 0.128 e. The van der Waals surface area contributed by atoms with Crippen molar-refractivity contribution in [2.45, 2.75) is 44.6 Å². The summed E-state index contributed by atoms with van der Waals surface area (Å²) < 4.78 is 0. The molecule has 0 bridgehead atoms. The van der Waals surface area contributed by atoms with Gasteiger partial charge in [-0.1, -0.05) is 18.9 Å². The van der Waals surface area contributed by atoms with Gasteiger partial charge in [0, 0.05) is 24.7 Å². The van der Waals surface area contributed by atoms with E-state index in [9.17, 15) is 5.11 Å². The molecule has 3 rings (SSSR count). The average molecular weight is 246 g/mol. The van der Waals surface area contributed by atoms with Gasteiger partial charge in [-0.05, 0) is 38.3 Å². The maximum absolute atomic E-state index is 10.7. The van der Waals surface area contributed by atoms with Crippen molar-refractivity contribution in [2.24, 2.45) is 5.92 Å². The minimum absolute atomic E-state index is 0.390. The first-order chi connectivity index (χ1) is 8.67. The first-order valence-corrected chi connectivity index (χ1v) is 7.08. The van der Waals surface area contributed by atoms with Gasteiger partial charge in [0.15, 0.2) is 0 Å². The molecular formula is C15H22N2O. The second kappa shape index (κ2) is 4.54. The van der Waals surface area contributed by atoms with Gasteiger partial charge < -0.3 is 10.0 Å². The van der Waals surface area contributed by atoms with E-state index in [2.05, 4.69) is 22.0 Å². The SMILES string of the molecule is Cc1cccc(N2CCC3(O)CCCCC3C2)n1. The Labute approximate surface area is 109 Å². The molecule has 3 nitrogen and oxygen atoms in total. The lowest BCUT2D eigenvalue weighted by Crippen LogP contribution is -2.53. The smallest absolute Gasteiger partial charge is 0.128 e. The summed E-state index contributed by atoms with van der Waals surface area (Å²) in [6, 6.07) is 6.18. The molecule has 0 aromatic carbocycles. The zero-order chi connectivity index (χ0) is 12.6. The highest BCUT2D eigenvalue weighted by Gasteiger charge is 2.42. The van der Waals surface area contributed by atoms with E-state index >= 15 is 0 Å². The van der Waals surface area contributed by atoms with E-state index in [1.165, 1.54) is 19.3 Å². The third kappa shape index (κ3) is 2.12. The molecular weight excluding hydrogens is 224 g/mol. The van der Waals surface area contributed by atoms with Gasteiger partial charge in [0.1, 0.15) is 5.82 Å². The van der Waals surface area contributed by atoms with Crippen molar-refractivity contribution in [3.63, 3.8) is 0 Å². The summed E-state index contributed by atoms with van der Waals surface area (Å²) in [5.41, 5.74) is 0.676. The van der Waals surface area contributed by atoms with Crippen LogP contribution >= 0.6 is 0 Å². The summed E-state index contributed by atoms with van der Waals surface area (Å²) in [5.74, 6) is 1.50. The van der Waals surface area contributed by atoms with Crippen molar-refractivity contribution >= 4 is 5.82 Å². The van der Waals surface area contributed by atoms with Crippen LogP contribution in [0.25, 0.3) is 0 Å². The molecule has 1 saturated carbocycles. The number of aliphatic hydroxyl groups is 1. The fourth-order valence-electron chi connectivity index (χ4n) is 3.48. The van der Waals surface area contributed by atoms with Crippen molar-refractivity contribution in [1.82, 2.24) is 4.98 Å². The second-order valence-electron chi connectivity index (χ2n) is 5.88. The molecule has 2 unspecified atom stereocenters. The lowest BCUT2D eigenvalue weighted by Gasteiger charge is -2.47. The van der Waals surface area contributed by atoms with E-state index in [-0.39, 0.29) is 0 Å². The van der Waals surface area contributed by atoms with Crippen LogP contribution in [0.15, 0.2) is 18.2 Å². The summed E-state index contributed by atoms with van der Waals surface area (Å²) >= 11 is 0. The predicted octanol–water partition coefficient (Wildman–Crippen LogP) is 2.52. The molecule has 2 heterocycles. The van der Waals surface area contributed by atoms with Crippen LogP contribution in [0, 0.1) is 12.8 Å². The largest absolute Gasteiger partial charge is 0.389 e. The number of piperidine rings is 1. The molecule has 1 saturated heterocycles. The van der Waals surface area contributed by atoms with Gasteiger partial charge in [-0.25, -0.2) is 4.98 Å². The van der Waals surface area contributed by atoms with Crippen molar-refractivity contribution in [1.29, 1.82) is 0 Å². The lowest BCUT2D eigenvalue weighted by atomic mass is 9.71. The van der Waals surface area contributed by atoms with Gasteiger partial charge in [-0.2, -0.15) is 0 Å². The first kappa shape index (κ1) is 12.0. The van der Waals surface area contributed by atoms with Crippen LogP contribution in [0.2, 0.25) is 0 Å². The minimum Gasteiger partial charge on any atom is -0.389 e. The van der Waals surface area contributed by atoms with Crippen LogP contribution in [-0.4, -0.2) is 28.8 Å². The number of hydrogen-bond donors (Lipinski definition) is 1. The topological polar surface area (TPSA) is 36.4 Å². The Morgan fingerprint density at radius 3 is 3.06 bits per heavy atom. The molecule has 0 radical (unpaired) electrons. The standard InChI is InChI=1S/C15H22N2O/c1-12-5-4-7-14(16-12)17-10-9-15(18)8-3-2-6-13(15)11-17/h4-5,7,13,18H,2-3,6,8-11H2,1H3. The highest BCUT2D eigenvalue weighted by atomic mass is 16.3. The van der Waals surface area contributed by atoms with E-state index in [1.54, 1.807) is 0 Å². The Bertz CT molecular complexity index is 434. The monoisotopic (exact) mass is 246 g/mol. The van der Waals surface area contributed by atoms with Crippen LogP contribution < -0.4 is 4.90 Å². The highest BCUT2D eigenvalue weighted by Crippen LogP contribution is 2.40. The number of aryl methyl sites for hydroxylation is 1. The summed E-state index contributed by atoms with van der Waals surface area (Å²) in [5, 5.41) is 10.7. The third-order valence-electron chi connectivity index (χ3n) is 4.63. The van der Waals surface area contributed by atoms with E-state index in [0.29, 0.717) is 5.92 Å². The number of anilines is 1. The van der Waals surface area contributed by atoms with Crippen LogP contribution in [0.1, 0.15) is 37.8 Å². The highest BCUT2D eigenvalue weighted by molar-refractivity contribution is 5.40. The molecule has 18 heavy (non-hydrogen) atoms. The van der Waals surface area contributed by atoms with Gasteiger partial charge in [-0.3, -0.25) is 0 Å². The van der Waals surface area contributed by atoms with E-state index < -0.39 is 5.60 Å². The molecule has 98 valence electrons. The third-order valence-corrected chi connectivity index (χ3v) is 4.63. The lowest BCUT2D eigenvalue weighted by molar-refractivity contribution is -0.0613. The second-order valence-corrected chi connectivity index (χ2v) is 5.88. The van der Waals surface area contributed by atoms with Gasteiger partial charge >= 0.3 is 0 Å². The molecule has 2 atom stereocenters. The van der Waals surface area contributed by atoms with E-state index in [4.69, 9.17) is 0 Å². The summed E-state index contributed by atoms with van der Waals surface area (Å²) in [4.78, 5) is 6.95. The van der Waals surface area contributed by atoms with Crippen molar-refractivity contribution in [3.05, 3.63) is 23.9 Å². The number of nitrogens with zero attached hydrogens (tertiary/aromatic N) is 2. The molecule has 2 fully saturated rings. The van der Waals surface area contributed by atoms with E-state index in [1.807, 2.05) is 13.0 Å². The average Bonchev–Trinajstić information content (AvgIpc) is 2.37. The molecule has 0 spiro atoms. The number of aromatic nitrogens is 1. The predicted molar refractivity (Wildman–Crippen MR) is 72.7 cm³/mol. The van der Waals surface area contributed by atoms with Crippen LogP contribution in [-0.2, 0) is 0 Å². The van der Waals surface area contributed by atoms with E-state index in [0.717, 1.165) is 37.4 Å². The van der Waals surface area contributed by atoms with Crippen molar-refractivity contribution in [2.75, 3.05) is 18.0 Å². The van der Waals surface area contributed by atoms with Crippen LogP contribution in [0.4, 0.5) is 5.82 Å². The van der Waals surface area contributed by atoms with Crippen LogP contribution in [0.3, 0.4) is 0 Å². The number of fused-ring (bicyclic) bond motifs is 1. The maximum atomic E-state index is 10.7. The van der Waals surface area contributed by atoms with Gasteiger partial charge in [-0.15, -0.1) is 0 Å².